The molecule has 0 radical (unpaired) electrons. The zero-order valence-electron chi connectivity index (χ0n) is 24.9. The van der Waals surface area contributed by atoms with Crippen molar-refractivity contribution in [2.24, 2.45) is 17.8 Å². The Bertz CT molecular complexity index is 1780. The van der Waals surface area contributed by atoms with Crippen LogP contribution in [0.1, 0.15) is 57.1 Å². The molecule has 0 amide bonds. The lowest BCUT2D eigenvalue weighted by Gasteiger charge is -2.50. The van der Waals surface area contributed by atoms with Crippen molar-refractivity contribution in [2.45, 2.75) is 51.4 Å². The Hall–Kier alpha value is -4.62. The summed E-state index contributed by atoms with van der Waals surface area (Å²) < 4.78 is 0. The highest BCUT2D eigenvalue weighted by atomic mass is 15.0. The summed E-state index contributed by atoms with van der Waals surface area (Å²) in [6.45, 7) is 4.88. The largest absolute Gasteiger partial charge is 0.208 e. The lowest BCUT2D eigenvalue weighted by atomic mass is 9.54. The average Bonchev–Trinajstić information content (AvgIpc) is 3.04. The van der Waals surface area contributed by atoms with Gasteiger partial charge in [0.1, 0.15) is 0 Å². The minimum Gasteiger partial charge on any atom is -0.208 e. The standard InChI is InChI=1S/C39H36N4/c1-26-18-29-19-27(2)23-39(22-26,24-29)35-16-14-31(15-17-35)37-41-36(30-9-4-3-5-10-30)42-38(43-37)34-13-7-12-33(21-34)32-11-6-8-28(20-32)25-40/h3-17,20-21,26-27,29H,18-19,22-24H2,1-2H3/t26-,27+,29-,39?. The van der Waals surface area contributed by atoms with Gasteiger partial charge in [0.15, 0.2) is 17.5 Å². The van der Waals surface area contributed by atoms with Crippen LogP contribution in [0.4, 0.5) is 0 Å². The molecule has 4 heteroatoms. The van der Waals surface area contributed by atoms with Crippen molar-refractivity contribution in [2.75, 3.05) is 0 Å². The first kappa shape index (κ1) is 27.2. The fourth-order valence-electron chi connectivity index (χ4n) is 7.99. The van der Waals surface area contributed by atoms with E-state index in [1.165, 1.54) is 37.7 Å². The van der Waals surface area contributed by atoms with Gasteiger partial charge in [-0.3, -0.25) is 0 Å². The third kappa shape index (κ3) is 5.48. The summed E-state index contributed by atoms with van der Waals surface area (Å²) in [7, 11) is 0. The SMILES string of the molecule is C[C@@H]1C[C@@H]2C[C@H](C)CC(c3ccc(-c4nc(-c5ccccc5)nc(-c5cccc(-c6cccc(C#N)c6)c5)n4)cc3)(C1)C2. The number of aromatic nitrogens is 3. The van der Waals surface area contributed by atoms with Crippen LogP contribution in [0.3, 0.4) is 0 Å². The molecule has 2 aliphatic rings. The molecule has 0 saturated heterocycles. The quantitative estimate of drug-likeness (QED) is 0.215. The lowest BCUT2D eigenvalue weighted by Crippen LogP contribution is -2.42. The van der Waals surface area contributed by atoms with Crippen LogP contribution in [0.5, 0.6) is 0 Å². The van der Waals surface area contributed by atoms with Gasteiger partial charge in [-0.15, -0.1) is 0 Å². The van der Waals surface area contributed by atoms with Crippen molar-refractivity contribution >= 4 is 0 Å². The molecule has 0 aliphatic heterocycles. The van der Waals surface area contributed by atoms with E-state index in [1.54, 1.807) is 0 Å². The number of hydrogen-bond donors (Lipinski definition) is 0. The van der Waals surface area contributed by atoms with Crippen molar-refractivity contribution in [3.8, 4) is 51.4 Å². The van der Waals surface area contributed by atoms with Gasteiger partial charge < -0.3 is 0 Å². The molecule has 5 aromatic rings. The highest BCUT2D eigenvalue weighted by Crippen LogP contribution is 2.54. The number of benzene rings is 4. The zero-order chi connectivity index (χ0) is 29.4. The molecule has 2 bridgehead atoms. The van der Waals surface area contributed by atoms with Crippen LogP contribution in [0.15, 0.2) is 103 Å². The van der Waals surface area contributed by atoms with Crippen molar-refractivity contribution in [1.82, 2.24) is 15.0 Å². The van der Waals surface area contributed by atoms with Gasteiger partial charge in [-0.25, -0.2) is 15.0 Å². The Morgan fingerprint density at radius 1 is 0.581 bits per heavy atom. The first-order chi connectivity index (χ1) is 21.0. The molecule has 212 valence electrons. The summed E-state index contributed by atoms with van der Waals surface area (Å²) in [5.41, 5.74) is 7.29. The summed E-state index contributed by atoms with van der Waals surface area (Å²) in [6, 6.07) is 37.4. The first-order valence-electron chi connectivity index (χ1n) is 15.5. The van der Waals surface area contributed by atoms with E-state index in [2.05, 4.69) is 56.3 Å². The topological polar surface area (TPSA) is 62.5 Å². The fourth-order valence-corrected chi connectivity index (χ4v) is 7.99. The third-order valence-corrected chi connectivity index (χ3v) is 9.50. The average molecular weight is 561 g/mol. The van der Waals surface area contributed by atoms with Crippen LogP contribution in [-0.4, -0.2) is 15.0 Å². The summed E-state index contributed by atoms with van der Waals surface area (Å²) in [6.07, 6.45) is 6.66. The lowest BCUT2D eigenvalue weighted by molar-refractivity contribution is 0.0780. The van der Waals surface area contributed by atoms with Crippen LogP contribution in [0.2, 0.25) is 0 Å². The third-order valence-electron chi connectivity index (χ3n) is 9.50. The Morgan fingerprint density at radius 2 is 1.12 bits per heavy atom. The molecule has 1 aromatic heterocycles. The molecule has 7 rings (SSSR count). The maximum atomic E-state index is 9.40. The number of fused-ring (bicyclic) bond motifs is 2. The van der Waals surface area contributed by atoms with Gasteiger partial charge in [-0.2, -0.15) is 5.26 Å². The number of hydrogen-bond acceptors (Lipinski definition) is 4. The molecule has 2 saturated carbocycles. The maximum absolute atomic E-state index is 9.40. The second-order valence-electron chi connectivity index (χ2n) is 13.0. The second kappa shape index (κ2) is 11.2. The van der Waals surface area contributed by atoms with Crippen LogP contribution < -0.4 is 0 Å². The highest BCUT2D eigenvalue weighted by Gasteiger charge is 2.45. The predicted molar refractivity (Wildman–Crippen MR) is 173 cm³/mol. The molecule has 0 spiro atoms. The smallest absolute Gasteiger partial charge is 0.164 e. The molecule has 2 aliphatic carbocycles. The monoisotopic (exact) mass is 560 g/mol. The molecule has 0 N–H and O–H groups in total. The fraction of sp³-hybridized carbons (Fsp3) is 0.282. The number of nitriles is 1. The van der Waals surface area contributed by atoms with E-state index < -0.39 is 0 Å². The summed E-state index contributed by atoms with van der Waals surface area (Å²) in [5, 5.41) is 9.40. The molecule has 4 nitrogen and oxygen atoms in total. The highest BCUT2D eigenvalue weighted by molar-refractivity contribution is 5.73. The van der Waals surface area contributed by atoms with E-state index in [0.717, 1.165) is 45.6 Å². The summed E-state index contributed by atoms with van der Waals surface area (Å²) >= 11 is 0. The molecule has 43 heavy (non-hydrogen) atoms. The molecule has 4 aromatic carbocycles. The Kier molecular flexibility index (Phi) is 7.11. The maximum Gasteiger partial charge on any atom is 0.164 e. The Balaban J connectivity index is 1.29. The summed E-state index contributed by atoms with van der Waals surface area (Å²) in [5.74, 6) is 4.38. The predicted octanol–water partition coefficient (Wildman–Crippen LogP) is 9.52. The van der Waals surface area contributed by atoms with E-state index in [9.17, 15) is 5.26 Å². The van der Waals surface area contributed by atoms with Crippen LogP contribution >= 0.6 is 0 Å². The number of rotatable bonds is 5. The van der Waals surface area contributed by atoms with Crippen LogP contribution in [0.25, 0.3) is 45.3 Å². The van der Waals surface area contributed by atoms with Gasteiger partial charge in [0.05, 0.1) is 11.6 Å². The van der Waals surface area contributed by atoms with E-state index in [-0.39, 0.29) is 0 Å². The summed E-state index contributed by atoms with van der Waals surface area (Å²) in [4.78, 5) is 14.9. The molecular formula is C39H36N4. The van der Waals surface area contributed by atoms with E-state index in [1.807, 2.05) is 66.7 Å². The molecular weight excluding hydrogens is 524 g/mol. The normalized spacial score (nSPS) is 23.0. The minimum atomic E-state index is 0.293. The minimum absolute atomic E-state index is 0.293. The van der Waals surface area contributed by atoms with Gasteiger partial charge in [-0.05, 0) is 90.2 Å². The van der Waals surface area contributed by atoms with Gasteiger partial charge in [0.2, 0.25) is 0 Å². The van der Waals surface area contributed by atoms with Gasteiger partial charge in [0, 0.05) is 16.7 Å². The Morgan fingerprint density at radius 3 is 1.77 bits per heavy atom. The molecule has 1 heterocycles. The van der Waals surface area contributed by atoms with E-state index in [0.29, 0.717) is 28.5 Å². The molecule has 4 atom stereocenters. The second-order valence-corrected chi connectivity index (χ2v) is 13.0. The van der Waals surface area contributed by atoms with Crippen molar-refractivity contribution in [3.63, 3.8) is 0 Å². The van der Waals surface area contributed by atoms with Crippen molar-refractivity contribution in [1.29, 1.82) is 5.26 Å². The van der Waals surface area contributed by atoms with Crippen molar-refractivity contribution < 1.29 is 0 Å². The van der Waals surface area contributed by atoms with Gasteiger partial charge >= 0.3 is 0 Å². The zero-order valence-corrected chi connectivity index (χ0v) is 24.9. The number of nitrogens with zero attached hydrogens (tertiary/aromatic N) is 4. The van der Waals surface area contributed by atoms with Crippen LogP contribution in [-0.2, 0) is 5.41 Å². The van der Waals surface area contributed by atoms with Gasteiger partial charge in [-0.1, -0.05) is 98.8 Å². The molecule has 2 fully saturated rings. The van der Waals surface area contributed by atoms with E-state index >= 15 is 0 Å². The van der Waals surface area contributed by atoms with Crippen molar-refractivity contribution in [3.05, 3.63) is 114 Å². The van der Waals surface area contributed by atoms with Gasteiger partial charge in [0.25, 0.3) is 0 Å². The Labute approximate surface area is 254 Å². The van der Waals surface area contributed by atoms with E-state index in [4.69, 9.17) is 15.0 Å². The molecule has 1 unspecified atom stereocenters. The van der Waals surface area contributed by atoms with Crippen LogP contribution in [0, 0.1) is 29.1 Å². The first-order valence-corrected chi connectivity index (χ1v) is 15.5.